The van der Waals surface area contributed by atoms with Crippen LogP contribution < -0.4 is 21.3 Å². The summed E-state index contributed by atoms with van der Waals surface area (Å²) in [6.45, 7) is 1.27. The molecule has 3 aromatic rings. The van der Waals surface area contributed by atoms with Gasteiger partial charge in [0.15, 0.2) is 0 Å². The lowest BCUT2D eigenvalue weighted by atomic mass is 9.97. The summed E-state index contributed by atoms with van der Waals surface area (Å²) >= 11 is 6.33. The second-order valence-corrected chi connectivity index (χ2v) is 7.36. The third-order valence-electron chi connectivity index (χ3n) is 4.95. The van der Waals surface area contributed by atoms with Gasteiger partial charge in [0.1, 0.15) is 5.82 Å². The number of nitrogens with one attached hydrogen (secondary N) is 2. The number of primary amides is 1. The minimum absolute atomic E-state index is 0.275. The molecule has 0 atom stereocenters. The first-order chi connectivity index (χ1) is 14.5. The molecule has 0 spiro atoms. The van der Waals surface area contributed by atoms with Crippen LogP contribution in [-0.2, 0) is 13.0 Å². The molecule has 0 unspecified atom stereocenters. The van der Waals surface area contributed by atoms with Crippen molar-refractivity contribution in [2.45, 2.75) is 13.0 Å². The fourth-order valence-electron chi connectivity index (χ4n) is 3.51. The molecule has 0 saturated carbocycles. The molecule has 8 heteroatoms. The highest BCUT2D eigenvalue weighted by Gasteiger charge is 2.22. The van der Waals surface area contributed by atoms with Crippen molar-refractivity contribution in [1.82, 2.24) is 4.98 Å². The lowest BCUT2D eigenvalue weighted by molar-refractivity contribution is 0.1000. The fourth-order valence-corrected chi connectivity index (χ4v) is 3.80. The van der Waals surface area contributed by atoms with E-state index in [1.54, 1.807) is 0 Å². The molecular weight excluding hydrogens is 402 g/mol. The highest BCUT2D eigenvalue weighted by Crippen LogP contribution is 2.32. The molecule has 1 aromatic heterocycles. The standard InChI is InChI=1S/C22H20ClN5O2/c23-18-11-15(20(24)29)12-25-21(18)28-10-9-17-14(13-28)5-4-8-19(17)27-22(30)26-16-6-2-1-3-7-16/h1-8,11-12H,9-10,13H2,(H2,24,29)(H2,26,27,30). The van der Waals surface area contributed by atoms with Crippen LogP contribution in [0.5, 0.6) is 0 Å². The van der Waals surface area contributed by atoms with Crippen molar-refractivity contribution in [2.75, 3.05) is 22.1 Å². The van der Waals surface area contributed by atoms with Crippen molar-refractivity contribution in [1.29, 1.82) is 0 Å². The molecule has 4 N–H and O–H groups in total. The largest absolute Gasteiger partial charge is 0.366 e. The van der Waals surface area contributed by atoms with E-state index in [0.29, 0.717) is 30.4 Å². The van der Waals surface area contributed by atoms with Crippen LogP contribution >= 0.6 is 11.6 Å². The van der Waals surface area contributed by atoms with Gasteiger partial charge in [-0.3, -0.25) is 4.79 Å². The van der Waals surface area contributed by atoms with Gasteiger partial charge in [-0.05, 0) is 41.8 Å². The number of para-hydroxylation sites is 1. The summed E-state index contributed by atoms with van der Waals surface area (Å²) in [6.07, 6.45) is 2.15. The average Bonchev–Trinajstić information content (AvgIpc) is 2.74. The number of amides is 3. The number of nitrogens with zero attached hydrogens (tertiary/aromatic N) is 2. The van der Waals surface area contributed by atoms with Gasteiger partial charge in [-0.25, -0.2) is 9.78 Å². The van der Waals surface area contributed by atoms with Gasteiger partial charge in [0.25, 0.3) is 0 Å². The molecule has 1 aliphatic heterocycles. The number of nitrogens with two attached hydrogens (primary N) is 1. The van der Waals surface area contributed by atoms with E-state index in [1.807, 2.05) is 53.4 Å². The van der Waals surface area contributed by atoms with Gasteiger partial charge in [0.05, 0.1) is 10.6 Å². The predicted octanol–water partition coefficient (Wildman–Crippen LogP) is 4.04. The van der Waals surface area contributed by atoms with E-state index in [1.165, 1.54) is 12.3 Å². The van der Waals surface area contributed by atoms with Crippen LogP contribution in [-0.4, -0.2) is 23.5 Å². The van der Waals surface area contributed by atoms with Crippen LogP contribution in [0, 0.1) is 0 Å². The summed E-state index contributed by atoms with van der Waals surface area (Å²) in [7, 11) is 0. The molecule has 0 saturated heterocycles. The van der Waals surface area contributed by atoms with Gasteiger partial charge >= 0.3 is 6.03 Å². The highest BCUT2D eigenvalue weighted by molar-refractivity contribution is 6.33. The number of halogens is 1. The Labute approximate surface area is 178 Å². The van der Waals surface area contributed by atoms with Gasteiger partial charge in [-0.15, -0.1) is 0 Å². The van der Waals surface area contributed by atoms with Gasteiger partial charge in [0, 0.05) is 30.7 Å². The lowest BCUT2D eigenvalue weighted by Gasteiger charge is -2.31. The Morgan fingerprint density at radius 1 is 1.07 bits per heavy atom. The van der Waals surface area contributed by atoms with Crippen LogP contribution in [0.4, 0.5) is 22.0 Å². The van der Waals surface area contributed by atoms with Crippen molar-refractivity contribution < 1.29 is 9.59 Å². The van der Waals surface area contributed by atoms with Gasteiger partial charge < -0.3 is 21.3 Å². The van der Waals surface area contributed by atoms with E-state index < -0.39 is 5.91 Å². The van der Waals surface area contributed by atoms with Crippen molar-refractivity contribution in [3.8, 4) is 0 Å². The van der Waals surface area contributed by atoms with Crippen molar-refractivity contribution in [3.63, 3.8) is 0 Å². The van der Waals surface area contributed by atoms with Crippen LogP contribution in [0.3, 0.4) is 0 Å². The van der Waals surface area contributed by atoms with Crippen LogP contribution in [0.1, 0.15) is 21.5 Å². The van der Waals surface area contributed by atoms with Crippen LogP contribution in [0.15, 0.2) is 60.8 Å². The molecule has 2 aromatic carbocycles. The van der Waals surface area contributed by atoms with Crippen molar-refractivity contribution in [2.24, 2.45) is 5.73 Å². The van der Waals surface area contributed by atoms with Crippen molar-refractivity contribution >= 4 is 40.7 Å². The number of pyridine rings is 1. The third-order valence-corrected chi connectivity index (χ3v) is 5.23. The van der Waals surface area contributed by atoms with E-state index in [9.17, 15) is 9.59 Å². The van der Waals surface area contributed by atoms with Gasteiger partial charge in [0.2, 0.25) is 5.91 Å². The maximum Gasteiger partial charge on any atom is 0.323 e. The number of aromatic nitrogens is 1. The SMILES string of the molecule is NC(=O)c1cnc(N2CCc3c(cccc3NC(=O)Nc3ccccc3)C2)c(Cl)c1. The zero-order valence-corrected chi connectivity index (χ0v) is 16.8. The number of carbonyl (C=O) groups is 2. The van der Waals surface area contributed by atoms with E-state index in [4.69, 9.17) is 17.3 Å². The first kappa shape index (κ1) is 19.7. The number of benzene rings is 2. The quantitative estimate of drug-likeness (QED) is 0.591. The van der Waals surface area contributed by atoms with E-state index in [2.05, 4.69) is 15.6 Å². The number of fused-ring (bicyclic) bond motifs is 1. The van der Waals surface area contributed by atoms with E-state index in [0.717, 1.165) is 22.5 Å². The minimum atomic E-state index is -0.565. The van der Waals surface area contributed by atoms with Crippen LogP contribution in [0.2, 0.25) is 5.02 Å². The monoisotopic (exact) mass is 421 g/mol. The highest BCUT2D eigenvalue weighted by atomic mass is 35.5. The lowest BCUT2D eigenvalue weighted by Crippen LogP contribution is -2.32. The normalized spacial score (nSPS) is 12.8. The zero-order chi connectivity index (χ0) is 21.1. The summed E-state index contributed by atoms with van der Waals surface area (Å²) in [5.74, 6) is 0.0388. The molecular formula is C22H20ClN5O2. The average molecular weight is 422 g/mol. The third kappa shape index (κ3) is 4.21. The Morgan fingerprint density at radius 3 is 2.60 bits per heavy atom. The molecule has 0 bridgehead atoms. The van der Waals surface area contributed by atoms with Gasteiger partial charge in [-0.2, -0.15) is 0 Å². The first-order valence-electron chi connectivity index (χ1n) is 9.45. The van der Waals surface area contributed by atoms with E-state index >= 15 is 0 Å². The molecule has 0 aliphatic carbocycles. The summed E-state index contributed by atoms with van der Waals surface area (Å²) < 4.78 is 0. The Kier molecular flexibility index (Phi) is 5.54. The molecule has 2 heterocycles. The summed E-state index contributed by atoms with van der Waals surface area (Å²) in [6, 6.07) is 16.4. The first-order valence-corrected chi connectivity index (χ1v) is 9.83. The summed E-state index contributed by atoms with van der Waals surface area (Å²) in [5, 5.41) is 6.15. The number of hydrogen-bond acceptors (Lipinski definition) is 4. The minimum Gasteiger partial charge on any atom is -0.366 e. The molecule has 3 amide bonds. The second kappa shape index (κ2) is 8.42. The second-order valence-electron chi connectivity index (χ2n) is 6.95. The number of anilines is 3. The number of carbonyl (C=O) groups excluding carboxylic acids is 2. The smallest absolute Gasteiger partial charge is 0.323 e. The number of hydrogen-bond donors (Lipinski definition) is 3. The van der Waals surface area contributed by atoms with Gasteiger partial charge in [-0.1, -0.05) is 41.9 Å². The number of rotatable bonds is 4. The molecule has 0 radical (unpaired) electrons. The Morgan fingerprint density at radius 2 is 1.87 bits per heavy atom. The zero-order valence-electron chi connectivity index (χ0n) is 16.1. The topological polar surface area (TPSA) is 100 Å². The Hall–Kier alpha value is -3.58. The molecule has 7 nitrogen and oxygen atoms in total. The van der Waals surface area contributed by atoms with E-state index in [-0.39, 0.29) is 11.6 Å². The molecule has 1 aliphatic rings. The fraction of sp³-hybridized carbons (Fsp3) is 0.136. The number of urea groups is 1. The Balaban J connectivity index is 1.50. The predicted molar refractivity (Wildman–Crippen MR) is 118 cm³/mol. The summed E-state index contributed by atoms with van der Waals surface area (Å²) in [5.41, 5.74) is 9.24. The maximum absolute atomic E-state index is 12.4. The molecule has 4 rings (SSSR count). The van der Waals surface area contributed by atoms with Crippen molar-refractivity contribution in [3.05, 3.63) is 82.5 Å². The molecule has 30 heavy (non-hydrogen) atoms. The Bertz CT molecular complexity index is 1100. The summed E-state index contributed by atoms with van der Waals surface area (Å²) in [4.78, 5) is 30.1. The molecule has 152 valence electrons. The molecule has 0 fully saturated rings. The maximum atomic E-state index is 12.4. The van der Waals surface area contributed by atoms with Crippen LogP contribution in [0.25, 0.3) is 0 Å².